The predicted octanol–water partition coefficient (Wildman–Crippen LogP) is 2.21. The fourth-order valence-electron chi connectivity index (χ4n) is 1.09. The van der Waals surface area contributed by atoms with Gasteiger partial charge in [-0.3, -0.25) is 4.99 Å². The number of hydrazine groups is 1. The Kier molecular flexibility index (Phi) is 4.71. The Morgan fingerprint density at radius 1 is 1.60 bits per heavy atom. The fraction of sp³-hybridized carbons (Fsp3) is 0.300. The first-order valence-corrected chi connectivity index (χ1v) is 5.44. The molecule has 0 unspecified atom stereocenters. The molecule has 0 atom stereocenters. The summed E-state index contributed by atoms with van der Waals surface area (Å²) in [5, 5.41) is 0. The number of nitrogens with zero attached hydrogens (tertiary/aromatic N) is 1. The third-order valence-electron chi connectivity index (χ3n) is 1.82. The van der Waals surface area contributed by atoms with Crippen LogP contribution in [0.25, 0.3) is 0 Å². The lowest BCUT2D eigenvalue weighted by molar-refractivity contribution is 0.621. The van der Waals surface area contributed by atoms with Gasteiger partial charge in [0.15, 0.2) is 0 Å². The number of aliphatic imine (C=N–C) groups is 1. The second kappa shape index (κ2) is 5.82. The highest BCUT2D eigenvalue weighted by Crippen LogP contribution is 2.16. The van der Waals surface area contributed by atoms with Crippen molar-refractivity contribution in [1.82, 2.24) is 5.43 Å². The van der Waals surface area contributed by atoms with Gasteiger partial charge in [-0.25, -0.2) is 10.2 Å². The van der Waals surface area contributed by atoms with E-state index in [-0.39, 0.29) is 5.82 Å². The van der Waals surface area contributed by atoms with Crippen molar-refractivity contribution >= 4 is 21.8 Å². The molecule has 3 N–H and O–H groups in total. The Morgan fingerprint density at radius 3 is 2.87 bits per heavy atom. The minimum Gasteiger partial charge on any atom is -0.308 e. The lowest BCUT2D eigenvalue weighted by atomic mass is 10.2. The summed E-state index contributed by atoms with van der Waals surface area (Å²) in [6.07, 6.45) is 0.938. The molecule has 0 aliphatic heterocycles. The van der Waals surface area contributed by atoms with Gasteiger partial charge in [0.2, 0.25) is 0 Å². The van der Waals surface area contributed by atoms with Crippen molar-refractivity contribution in [3.8, 4) is 0 Å². The SMILES string of the molecule is CCCN=C(NN)c1ccc(F)c(Br)c1. The highest BCUT2D eigenvalue weighted by atomic mass is 79.9. The van der Waals surface area contributed by atoms with Gasteiger partial charge in [0, 0.05) is 12.1 Å². The number of rotatable bonds is 3. The zero-order chi connectivity index (χ0) is 11.3. The molecule has 0 aliphatic carbocycles. The van der Waals surface area contributed by atoms with E-state index in [0.29, 0.717) is 16.9 Å². The van der Waals surface area contributed by atoms with Crippen LogP contribution in [-0.2, 0) is 0 Å². The van der Waals surface area contributed by atoms with Crippen LogP contribution in [0.1, 0.15) is 18.9 Å². The smallest absolute Gasteiger partial charge is 0.142 e. The van der Waals surface area contributed by atoms with Crippen LogP contribution in [0.3, 0.4) is 0 Å². The lowest BCUT2D eigenvalue weighted by Gasteiger charge is -2.06. The van der Waals surface area contributed by atoms with Gasteiger partial charge in [-0.1, -0.05) is 6.92 Å². The summed E-state index contributed by atoms with van der Waals surface area (Å²) < 4.78 is 13.4. The summed E-state index contributed by atoms with van der Waals surface area (Å²) in [5.41, 5.74) is 3.27. The van der Waals surface area contributed by atoms with Gasteiger partial charge >= 0.3 is 0 Å². The summed E-state index contributed by atoms with van der Waals surface area (Å²) >= 11 is 3.11. The molecule has 0 saturated carbocycles. The number of hydrogen-bond acceptors (Lipinski definition) is 2. The second-order valence-electron chi connectivity index (χ2n) is 3.00. The first-order chi connectivity index (χ1) is 7.19. The van der Waals surface area contributed by atoms with E-state index < -0.39 is 0 Å². The van der Waals surface area contributed by atoms with Crippen LogP contribution in [0.15, 0.2) is 27.7 Å². The van der Waals surface area contributed by atoms with E-state index in [1.54, 1.807) is 12.1 Å². The third-order valence-corrected chi connectivity index (χ3v) is 2.43. The first kappa shape index (κ1) is 12.1. The summed E-state index contributed by atoms with van der Waals surface area (Å²) in [6.45, 7) is 2.72. The molecule has 0 spiro atoms. The van der Waals surface area contributed by atoms with E-state index in [4.69, 9.17) is 5.84 Å². The van der Waals surface area contributed by atoms with Gasteiger partial charge in [-0.15, -0.1) is 0 Å². The molecule has 0 aromatic heterocycles. The molecule has 15 heavy (non-hydrogen) atoms. The van der Waals surface area contributed by atoms with E-state index in [1.807, 2.05) is 6.92 Å². The number of nitrogens with one attached hydrogen (secondary N) is 1. The van der Waals surface area contributed by atoms with E-state index in [0.717, 1.165) is 12.0 Å². The standard InChI is InChI=1S/C10H13BrFN3/c1-2-5-14-10(15-13)7-3-4-9(12)8(11)6-7/h3-4,6H,2,5,13H2,1H3,(H,14,15). The van der Waals surface area contributed by atoms with Gasteiger partial charge in [0.05, 0.1) is 4.47 Å². The molecule has 0 fully saturated rings. The van der Waals surface area contributed by atoms with Crippen LogP contribution in [0.5, 0.6) is 0 Å². The van der Waals surface area contributed by atoms with Crippen molar-refractivity contribution in [2.45, 2.75) is 13.3 Å². The van der Waals surface area contributed by atoms with Crippen molar-refractivity contribution in [2.75, 3.05) is 6.54 Å². The van der Waals surface area contributed by atoms with Crippen molar-refractivity contribution in [3.63, 3.8) is 0 Å². The van der Waals surface area contributed by atoms with E-state index in [9.17, 15) is 4.39 Å². The van der Waals surface area contributed by atoms with E-state index >= 15 is 0 Å². The molecule has 5 heteroatoms. The van der Waals surface area contributed by atoms with Crippen LogP contribution < -0.4 is 11.3 Å². The maximum absolute atomic E-state index is 13.0. The first-order valence-electron chi connectivity index (χ1n) is 4.65. The number of hydrogen-bond donors (Lipinski definition) is 2. The minimum atomic E-state index is -0.300. The zero-order valence-electron chi connectivity index (χ0n) is 8.43. The van der Waals surface area contributed by atoms with Crippen LogP contribution in [0, 0.1) is 5.82 Å². The normalized spacial score (nSPS) is 11.6. The van der Waals surface area contributed by atoms with Crippen molar-refractivity contribution in [1.29, 1.82) is 0 Å². The predicted molar refractivity (Wildman–Crippen MR) is 63.1 cm³/mol. The van der Waals surface area contributed by atoms with Crippen molar-refractivity contribution in [3.05, 3.63) is 34.1 Å². The Morgan fingerprint density at radius 2 is 2.33 bits per heavy atom. The van der Waals surface area contributed by atoms with Gasteiger partial charge in [0.1, 0.15) is 11.7 Å². The number of halogens is 2. The van der Waals surface area contributed by atoms with Gasteiger partial charge in [-0.2, -0.15) is 0 Å². The molecule has 0 amide bonds. The van der Waals surface area contributed by atoms with Crippen molar-refractivity contribution in [2.24, 2.45) is 10.8 Å². The molecule has 3 nitrogen and oxygen atoms in total. The average molecular weight is 274 g/mol. The molecule has 1 aromatic carbocycles. The summed E-state index contributed by atoms with van der Waals surface area (Å²) in [7, 11) is 0. The molecular weight excluding hydrogens is 261 g/mol. The largest absolute Gasteiger partial charge is 0.308 e. The Labute approximate surface area is 96.7 Å². The Balaban J connectivity index is 2.97. The number of nitrogens with two attached hydrogens (primary N) is 1. The quantitative estimate of drug-likeness (QED) is 0.384. The van der Waals surface area contributed by atoms with Crippen LogP contribution >= 0.6 is 15.9 Å². The summed E-state index contributed by atoms with van der Waals surface area (Å²) in [6, 6.07) is 4.65. The third kappa shape index (κ3) is 3.28. The van der Waals surface area contributed by atoms with Gasteiger partial charge in [0.25, 0.3) is 0 Å². The molecule has 82 valence electrons. The van der Waals surface area contributed by atoms with Crippen LogP contribution in [0.4, 0.5) is 4.39 Å². The molecule has 1 aromatic rings. The Bertz CT molecular complexity index is 366. The van der Waals surface area contributed by atoms with Crippen LogP contribution in [-0.4, -0.2) is 12.4 Å². The van der Waals surface area contributed by atoms with Crippen LogP contribution in [0.2, 0.25) is 0 Å². The molecule has 0 saturated heterocycles. The summed E-state index contributed by atoms with van der Waals surface area (Å²) in [4.78, 5) is 4.24. The average Bonchev–Trinajstić information content (AvgIpc) is 2.24. The van der Waals surface area contributed by atoms with E-state index in [2.05, 4.69) is 26.3 Å². The number of amidine groups is 1. The second-order valence-corrected chi connectivity index (χ2v) is 3.86. The topological polar surface area (TPSA) is 50.4 Å². The zero-order valence-corrected chi connectivity index (χ0v) is 10.0. The monoisotopic (exact) mass is 273 g/mol. The van der Waals surface area contributed by atoms with Crippen molar-refractivity contribution < 1.29 is 4.39 Å². The van der Waals surface area contributed by atoms with E-state index in [1.165, 1.54) is 6.07 Å². The van der Waals surface area contributed by atoms with Gasteiger partial charge < -0.3 is 5.43 Å². The maximum Gasteiger partial charge on any atom is 0.142 e. The maximum atomic E-state index is 13.0. The highest BCUT2D eigenvalue weighted by molar-refractivity contribution is 9.10. The lowest BCUT2D eigenvalue weighted by Crippen LogP contribution is -2.31. The fourth-order valence-corrected chi connectivity index (χ4v) is 1.47. The molecule has 0 aliphatic rings. The molecule has 0 radical (unpaired) electrons. The molecule has 0 bridgehead atoms. The number of benzene rings is 1. The highest BCUT2D eigenvalue weighted by Gasteiger charge is 2.04. The van der Waals surface area contributed by atoms with Gasteiger partial charge in [-0.05, 0) is 40.5 Å². The Hall–Kier alpha value is -0.940. The molecule has 1 rings (SSSR count). The molecule has 0 heterocycles. The minimum absolute atomic E-state index is 0.300. The summed E-state index contributed by atoms with van der Waals surface area (Å²) in [5.74, 6) is 5.61. The molecular formula is C10H13BrFN3.